The lowest BCUT2D eigenvalue weighted by Gasteiger charge is -2.16. The summed E-state index contributed by atoms with van der Waals surface area (Å²) in [5.74, 6) is -0.00909. The van der Waals surface area contributed by atoms with Crippen molar-refractivity contribution >= 4 is 17.1 Å². The lowest BCUT2D eigenvalue weighted by Crippen LogP contribution is -2.20. The van der Waals surface area contributed by atoms with E-state index in [9.17, 15) is 9.90 Å². The topological polar surface area (TPSA) is 128 Å². The van der Waals surface area contributed by atoms with Crippen LogP contribution in [0.1, 0.15) is 12.6 Å². The van der Waals surface area contributed by atoms with Gasteiger partial charge in [0.2, 0.25) is 5.95 Å². The number of anilines is 1. The van der Waals surface area contributed by atoms with E-state index in [0.717, 1.165) is 0 Å². The molecule has 1 aliphatic heterocycles. The highest BCUT2D eigenvalue weighted by Gasteiger charge is 2.36. The second-order valence-electron chi connectivity index (χ2n) is 4.68. The number of aliphatic hydroxyl groups excluding tert-OH is 1. The molecule has 0 radical (unpaired) electrons. The van der Waals surface area contributed by atoms with Crippen molar-refractivity contribution in [1.82, 2.24) is 19.5 Å². The average molecular weight is 281 g/mol. The van der Waals surface area contributed by atoms with Crippen LogP contribution in [-0.4, -0.2) is 50.6 Å². The number of nitrogens with two attached hydrogens (primary N) is 1. The van der Waals surface area contributed by atoms with Crippen LogP contribution in [0.5, 0.6) is 0 Å². The SMILES string of the molecule is COC[C@@H]1C[C@@H](O)[C@H](n2cnc3c(=O)[nH]c(N)nc32)O1. The van der Waals surface area contributed by atoms with Crippen molar-refractivity contribution in [3.8, 4) is 0 Å². The number of nitrogens with zero attached hydrogens (tertiary/aromatic N) is 3. The van der Waals surface area contributed by atoms with Gasteiger partial charge >= 0.3 is 0 Å². The molecule has 108 valence electrons. The number of ether oxygens (including phenoxy) is 2. The molecule has 2 aromatic rings. The largest absolute Gasteiger partial charge is 0.388 e. The number of aromatic nitrogens is 4. The van der Waals surface area contributed by atoms with E-state index < -0.39 is 17.9 Å². The number of H-pyrrole nitrogens is 1. The maximum atomic E-state index is 11.7. The van der Waals surface area contributed by atoms with Gasteiger partial charge in [0.25, 0.3) is 5.56 Å². The van der Waals surface area contributed by atoms with Crippen molar-refractivity contribution in [3.05, 3.63) is 16.7 Å². The van der Waals surface area contributed by atoms with Crippen LogP contribution < -0.4 is 11.3 Å². The van der Waals surface area contributed by atoms with Gasteiger partial charge in [0.05, 0.1) is 19.0 Å². The molecule has 9 heteroatoms. The fourth-order valence-corrected chi connectivity index (χ4v) is 2.40. The van der Waals surface area contributed by atoms with Crippen molar-refractivity contribution in [1.29, 1.82) is 0 Å². The standard InChI is InChI=1S/C11H15N5O4/c1-19-3-5-2-6(17)10(20-5)16-4-13-7-8(16)14-11(12)15-9(7)18/h4-6,10,17H,2-3H2,1H3,(H3,12,14,15,18)/t5-,6+,10+/m0/s1. The number of methoxy groups -OCH3 is 1. The lowest BCUT2D eigenvalue weighted by atomic mass is 10.2. The molecule has 0 amide bonds. The van der Waals surface area contributed by atoms with Crippen molar-refractivity contribution in [2.24, 2.45) is 0 Å². The predicted octanol–water partition coefficient (Wildman–Crippen LogP) is -1.00. The molecule has 0 unspecified atom stereocenters. The summed E-state index contributed by atoms with van der Waals surface area (Å²) in [7, 11) is 1.57. The first-order chi connectivity index (χ1) is 9.60. The molecule has 0 spiro atoms. The van der Waals surface area contributed by atoms with Crippen LogP contribution >= 0.6 is 0 Å². The highest BCUT2D eigenvalue weighted by atomic mass is 16.6. The monoisotopic (exact) mass is 281 g/mol. The van der Waals surface area contributed by atoms with Gasteiger partial charge in [-0.15, -0.1) is 0 Å². The van der Waals surface area contributed by atoms with Crippen molar-refractivity contribution in [2.75, 3.05) is 19.5 Å². The van der Waals surface area contributed by atoms with Crippen molar-refractivity contribution < 1.29 is 14.6 Å². The molecule has 1 fully saturated rings. The van der Waals surface area contributed by atoms with Gasteiger partial charge < -0.3 is 20.3 Å². The van der Waals surface area contributed by atoms with E-state index >= 15 is 0 Å². The summed E-state index contributed by atoms with van der Waals surface area (Å²) in [5, 5.41) is 10.1. The molecule has 1 aliphatic rings. The number of aromatic amines is 1. The van der Waals surface area contributed by atoms with E-state index in [1.165, 1.54) is 10.9 Å². The van der Waals surface area contributed by atoms with Gasteiger partial charge in [-0.1, -0.05) is 0 Å². The van der Waals surface area contributed by atoms with E-state index in [2.05, 4.69) is 15.0 Å². The van der Waals surface area contributed by atoms with Gasteiger partial charge in [-0.25, -0.2) is 4.98 Å². The maximum Gasteiger partial charge on any atom is 0.280 e. The minimum Gasteiger partial charge on any atom is -0.388 e. The zero-order valence-electron chi connectivity index (χ0n) is 10.8. The molecule has 4 N–H and O–H groups in total. The van der Waals surface area contributed by atoms with Crippen LogP contribution in [0.2, 0.25) is 0 Å². The Kier molecular flexibility index (Phi) is 3.16. The Morgan fingerprint density at radius 2 is 2.50 bits per heavy atom. The summed E-state index contributed by atoms with van der Waals surface area (Å²) in [6.45, 7) is 0.385. The van der Waals surface area contributed by atoms with Crippen molar-refractivity contribution in [3.63, 3.8) is 0 Å². The molecular weight excluding hydrogens is 266 g/mol. The summed E-state index contributed by atoms with van der Waals surface area (Å²) in [5.41, 5.74) is 5.55. The Morgan fingerprint density at radius 1 is 1.70 bits per heavy atom. The number of hydrogen-bond donors (Lipinski definition) is 3. The quantitative estimate of drug-likeness (QED) is 0.658. The molecule has 1 saturated heterocycles. The molecule has 2 aromatic heterocycles. The van der Waals surface area contributed by atoms with Gasteiger partial charge in [0.1, 0.15) is 6.10 Å². The molecule has 3 atom stereocenters. The van der Waals surface area contributed by atoms with Crippen LogP contribution in [0, 0.1) is 0 Å². The zero-order valence-corrected chi connectivity index (χ0v) is 10.8. The highest BCUT2D eigenvalue weighted by molar-refractivity contribution is 5.70. The van der Waals surface area contributed by atoms with E-state index in [4.69, 9.17) is 15.2 Å². The van der Waals surface area contributed by atoms with Gasteiger partial charge in [-0.2, -0.15) is 4.98 Å². The maximum absolute atomic E-state index is 11.7. The minimum absolute atomic E-state index is 0.00909. The smallest absolute Gasteiger partial charge is 0.280 e. The average Bonchev–Trinajstić information content (AvgIpc) is 2.93. The number of aliphatic hydroxyl groups is 1. The third kappa shape index (κ3) is 2.05. The normalized spacial score (nSPS) is 26.4. The summed E-state index contributed by atoms with van der Waals surface area (Å²) >= 11 is 0. The van der Waals surface area contributed by atoms with Gasteiger partial charge in [0.15, 0.2) is 17.4 Å². The Bertz CT molecular complexity index is 681. The molecule has 9 nitrogen and oxygen atoms in total. The predicted molar refractivity (Wildman–Crippen MR) is 69.0 cm³/mol. The Morgan fingerprint density at radius 3 is 3.25 bits per heavy atom. The third-order valence-corrected chi connectivity index (χ3v) is 3.24. The van der Waals surface area contributed by atoms with Crippen LogP contribution in [0.3, 0.4) is 0 Å². The minimum atomic E-state index is -0.727. The lowest BCUT2D eigenvalue weighted by molar-refractivity contribution is -0.0541. The number of rotatable bonds is 3. The summed E-state index contributed by atoms with van der Waals surface area (Å²) in [4.78, 5) is 22.1. The molecule has 0 aliphatic carbocycles. The Hall–Kier alpha value is -1.97. The number of hydrogen-bond acceptors (Lipinski definition) is 7. The molecule has 0 bridgehead atoms. The fraction of sp³-hybridized carbons (Fsp3) is 0.545. The van der Waals surface area contributed by atoms with E-state index in [1.54, 1.807) is 7.11 Å². The molecule has 20 heavy (non-hydrogen) atoms. The summed E-state index contributed by atoms with van der Waals surface area (Å²) in [6.07, 6.45) is 0.257. The second-order valence-corrected chi connectivity index (χ2v) is 4.68. The van der Waals surface area contributed by atoms with Crippen LogP contribution in [-0.2, 0) is 9.47 Å². The number of imidazole rings is 1. The molecule has 3 heterocycles. The highest BCUT2D eigenvalue weighted by Crippen LogP contribution is 2.30. The molecular formula is C11H15N5O4. The van der Waals surface area contributed by atoms with Crippen LogP contribution in [0.4, 0.5) is 5.95 Å². The van der Waals surface area contributed by atoms with E-state index in [0.29, 0.717) is 13.0 Å². The molecule has 0 aromatic carbocycles. The first-order valence-electron chi connectivity index (χ1n) is 6.15. The number of fused-ring (bicyclic) bond motifs is 1. The molecule has 3 rings (SSSR count). The fourth-order valence-electron chi connectivity index (χ4n) is 2.40. The summed E-state index contributed by atoms with van der Waals surface area (Å²) < 4.78 is 12.2. The van der Waals surface area contributed by atoms with Gasteiger partial charge in [-0.05, 0) is 0 Å². The van der Waals surface area contributed by atoms with E-state index in [1.807, 2.05) is 0 Å². The Labute approximate surface area is 113 Å². The second kappa shape index (κ2) is 4.85. The van der Waals surface area contributed by atoms with E-state index in [-0.39, 0.29) is 23.2 Å². The zero-order chi connectivity index (χ0) is 14.3. The van der Waals surface area contributed by atoms with Gasteiger partial charge in [0, 0.05) is 13.5 Å². The molecule has 0 saturated carbocycles. The van der Waals surface area contributed by atoms with Crippen LogP contribution in [0.25, 0.3) is 11.2 Å². The summed E-state index contributed by atoms with van der Waals surface area (Å²) in [6, 6.07) is 0. The number of nitrogen functional groups attached to an aromatic ring is 1. The Balaban J connectivity index is 2.01. The van der Waals surface area contributed by atoms with Gasteiger partial charge in [-0.3, -0.25) is 14.3 Å². The van der Waals surface area contributed by atoms with Crippen LogP contribution in [0.15, 0.2) is 11.1 Å². The number of nitrogens with one attached hydrogen (secondary N) is 1. The van der Waals surface area contributed by atoms with Crippen molar-refractivity contribution in [2.45, 2.75) is 24.9 Å². The third-order valence-electron chi connectivity index (χ3n) is 3.24. The first-order valence-corrected chi connectivity index (χ1v) is 6.15. The first kappa shape index (κ1) is 13.0.